The van der Waals surface area contributed by atoms with Crippen LogP contribution in [-0.4, -0.2) is 52.0 Å². The van der Waals surface area contributed by atoms with Crippen molar-refractivity contribution in [2.45, 2.75) is 26.8 Å². The van der Waals surface area contributed by atoms with Crippen LogP contribution in [0.4, 0.5) is 0 Å². The summed E-state index contributed by atoms with van der Waals surface area (Å²) < 4.78 is 0. The smallest absolute Gasteiger partial charge is 0.257 e. The minimum atomic E-state index is -0.0769. The van der Waals surface area contributed by atoms with E-state index >= 15 is 0 Å². The number of hydrogen-bond acceptors (Lipinski definition) is 5. The number of phenolic OH excluding ortho intramolecular Hbond substituents is 1. The van der Waals surface area contributed by atoms with Crippen molar-refractivity contribution in [3.05, 3.63) is 45.4 Å². The Kier molecular flexibility index (Phi) is 5.16. The lowest BCUT2D eigenvalue weighted by Crippen LogP contribution is -2.48. The minimum Gasteiger partial charge on any atom is -0.507 e. The van der Waals surface area contributed by atoms with E-state index in [1.165, 1.54) is 0 Å². The first-order valence-corrected chi connectivity index (χ1v) is 9.19. The monoisotopic (exact) mass is 345 g/mol. The van der Waals surface area contributed by atoms with Crippen molar-refractivity contribution in [2.75, 3.05) is 26.2 Å². The Morgan fingerprint density at radius 2 is 2.04 bits per heavy atom. The van der Waals surface area contributed by atoms with Crippen LogP contribution < -0.4 is 0 Å². The Morgan fingerprint density at radius 3 is 2.67 bits per heavy atom. The van der Waals surface area contributed by atoms with Crippen LogP contribution in [-0.2, 0) is 13.0 Å². The van der Waals surface area contributed by atoms with E-state index in [-0.39, 0.29) is 11.7 Å². The predicted molar refractivity (Wildman–Crippen MR) is 95.5 cm³/mol. The molecular formula is C18H23N3O2S. The molecule has 128 valence electrons. The van der Waals surface area contributed by atoms with Gasteiger partial charge in [0.25, 0.3) is 5.91 Å². The van der Waals surface area contributed by atoms with Gasteiger partial charge in [0.15, 0.2) is 0 Å². The zero-order valence-electron chi connectivity index (χ0n) is 14.2. The number of carbonyl (C=O) groups is 1. The lowest BCUT2D eigenvalue weighted by Gasteiger charge is -2.34. The van der Waals surface area contributed by atoms with Crippen LogP contribution in [0.25, 0.3) is 0 Å². The van der Waals surface area contributed by atoms with E-state index in [9.17, 15) is 9.90 Å². The van der Waals surface area contributed by atoms with E-state index in [2.05, 4.69) is 15.3 Å². The zero-order chi connectivity index (χ0) is 17.1. The van der Waals surface area contributed by atoms with Crippen LogP contribution in [0.3, 0.4) is 0 Å². The van der Waals surface area contributed by atoms with Gasteiger partial charge in [0.1, 0.15) is 5.75 Å². The molecule has 1 aliphatic rings. The normalized spacial score (nSPS) is 15.7. The van der Waals surface area contributed by atoms with Gasteiger partial charge in [-0.3, -0.25) is 9.69 Å². The number of piperazine rings is 1. The van der Waals surface area contributed by atoms with Crippen molar-refractivity contribution < 1.29 is 9.90 Å². The Hall–Kier alpha value is -1.92. The van der Waals surface area contributed by atoms with Gasteiger partial charge in [-0.2, -0.15) is 0 Å². The average Bonchev–Trinajstić information content (AvgIpc) is 3.00. The summed E-state index contributed by atoms with van der Waals surface area (Å²) in [6.07, 6.45) is 0.849. The van der Waals surface area contributed by atoms with Crippen molar-refractivity contribution >= 4 is 17.2 Å². The van der Waals surface area contributed by atoms with Gasteiger partial charge in [0.2, 0.25) is 0 Å². The molecule has 6 heteroatoms. The summed E-state index contributed by atoms with van der Waals surface area (Å²) in [5.74, 6) is -0.00969. The third-order valence-electron chi connectivity index (χ3n) is 4.41. The molecule has 0 bridgehead atoms. The van der Waals surface area contributed by atoms with Crippen molar-refractivity contribution in [2.24, 2.45) is 0 Å². The third-order valence-corrected chi connectivity index (χ3v) is 5.23. The van der Waals surface area contributed by atoms with Gasteiger partial charge in [-0.05, 0) is 31.0 Å². The molecule has 1 fully saturated rings. The summed E-state index contributed by atoms with van der Waals surface area (Å²) in [4.78, 5) is 21.3. The molecule has 0 atom stereocenters. The van der Waals surface area contributed by atoms with Crippen LogP contribution in [0.15, 0.2) is 23.6 Å². The number of aryl methyl sites for hydroxylation is 2. The fraction of sp³-hybridized carbons (Fsp3) is 0.444. The van der Waals surface area contributed by atoms with E-state index in [0.717, 1.165) is 42.3 Å². The quantitative estimate of drug-likeness (QED) is 0.926. The minimum absolute atomic E-state index is 0.0672. The second-order valence-electron chi connectivity index (χ2n) is 6.13. The Morgan fingerprint density at radius 1 is 1.29 bits per heavy atom. The summed E-state index contributed by atoms with van der Waals surface area (Å²) in [7, 11) is 0. The summed E-state index contributed by atoms with van der Waals surface area (Å²) in [5.41, 5.74) is 2.58. The summed E-state index contributed by atoms with van der Waals surface area (Å²) in [6.45, 7) is 7.91. The SMILES string of the molecule is CCc1ccc(O)c(C(=O)N2CCN(Cc3csc(C)n3)CC2)c1. The van der Waals surface area contributed by atoms with Crippen molar-refractivity contribution in [1.29, 1.82) is 0 Å². The molecule has 1 aromatic carbocycles. The van der Waals surface area contributed by atoms with Crippen molar-refractivity contribution in [3.8, 4) is 5.75 Å². The molecule has 0 spiro atoms. The highest BCUT2D eigenvalue weighted by molar-refractivity contribution is 7.09. The Balaban J connectivity index is 1.61. The molecule has 1 aromatic heterocycles. The number of amides is 1. The van der Waals surface area contributed by atoms with Gasteiger partial charge in [-0.25, -0.2) is 4.98 Å². The number of benzene rings is 1. The van der Waals surface area contributed by atoms with Crippen molar-refractivity contribution in [1.82, 2.24) is 14.8 Å². The molecule has 1 N–H and O–H groups in total. The van der Waals surface area contributed by atoms with Gasteiger partial charge in [0, 0.05) is 38.1 Å². The van der Waals surface area contributed by atoms with E-state index in [1.54, 1.807) is 17.4 Å². The highest BCUT2D eigenvalue weighted by Gasteiger charge is 2.24. The number of rotatable bonds is 4. The van der Waals surface area contributed by atoms with Gasteiger partial charge in [-0.15, -0.1) is 11.3 Å². The molecule has 1 saturated heterocycles. The lowest BCUT2D eigenvalue weighted by molar-refractivity contribution is 0.0624. The molecule has 2 heterocycles. The second kappa shape index (κ2) is 7.32. The number of thiazole rings is 1. The first-order valence-electron chi connectivity index (χ1n) is 8.31. The van der Waals surface area contributed by atoms with Crippen molar-refractivity contribution in [3.63, 3.8) is 0 Å². The number of nitrogens with zero attached hydrogens (tertiary/aromatic N) is 3. The molecule has 1 aliphatic heterocycles. The summed E-state index contributed by atoms with van der Waals surface area (Å²) >= 11 is 1.67. The molecule has 24 heavy (non-hydrogen) atoms. The lowest BCUT2D eigenvalue weighted by atomic mass is 10.1. The number of hydrogen-bond donors (Lipinski definition) is 1. The van der Waals surface area contributed by atoms with E-state index in [0.29, 0.717) is 18.7 Å². The molecule has 0 aliphatic carbocycles. The highest BCUT2D eigenvalue weighted by atomic mass is 32.1. The van der Waals surface area contributed by atoms with Crippen LogP contribution in [0.5, 0.6) is 5.75 Å². The van der Waals surface area contributed by atoms with Gasteiger partial charge in [-0.1, -0.05) is 13.0 Å². The van der Waals surface area contributed by atoms with Gasteiger partial charge in [0.05, 0.1) is 16.3 Å². The largest absolute Gasteiger partial charge is 0.507 e. The third kappa shape index (κ3) is 3.76. The second-order valence-corrected chi connectivity index (χ2v) is 7.19. The number of aromatic hydroxyl groups is 1. The fourth-order valence-corrected chi connectivity index (χ4v) is 3.57. The molecule has 0 saturated carbocycles. The topological polar surface area (TPSA) is 56.7 Å². The molecule has 1 amide bonds. The van der Waals surface area contributed by atoms with Crippen LogP contribution >= 0.6 is 11.3 Å². The number of carbonyl (C=O) groups excluding carboxylic acids is 1. The van der Waals surface area contributed by atoms with Gasteiger partial charge >= 0.3 is 0 Å². The maximum atomic E-state index is 12.7. The highest BCUT2D eigenvalue weighted by Crippen LogP contribution is 2.22. The zero-order valence-corrected chi connectivity index (χ0v) is 15.0. The fourth-order valence-electron chi connectivity index (χ4n) is 2.96. The number of aromatic nitrogens is 1. The molecule has 0 radical (unpaired) electrons. The molecule has 0 unspecified atom stereocenters. The van der Waals surface area contributed by atoms with E-state index < -0.39 is 0 Å². The first-order chi connectivity index (χ1) is 11.6. The maximum Gasteiger partial charge on any atom is 0.257 e. The van der Waals surface area contributed by atoms with E-state index in [1.807, 2.05) is 30.9 Å². The standard InChI is InChI=1S/C18H23N3O2S/c1-3-14-4-5-17(22)16(10-14)18(23)21-8-6-20(7-9-21)11-15-12-24-13(2)19-15/h4-5,10,12,22H,3,6-9,11H2,1-2H3. The van der Waals surface area contributed by atoms with Crippen LogP contribution in [0.1, 0.15) is 33.5 Å². The summed E-state index contributed by atoms with van der Waals surface area (Å²) in [6, 6.07) is 5.29. The molecule has 3 rings (SSSR count). The number of phenols is 1. The Labute approximate surface area is 146 Å². The molecule has 5 nitrogen and oxygen atoms in total. The summed E-state index contributed by atoms with van der Waals surface area (Å²) in [5, 5.41) is 13.2. The molecular weight excluding hydrogens is 322 g/mol. The van der Waals surface area contributed by atoms with E-state index in [4.69, 9.17) is 0 Å². The van der Waals surface area contributed by atoms with Gasteiger partial charge < -0.3 is 10.0 Å². The Bertz CT molecular complexity index is 721. The van der Waals surface area contributed by atoms with Crippen LogP contribution in [0, 0.1) is 6.92 Å². The molecule has 2 aromatic rings. The van der Waals surface area contributed by atoms with Crippen LogP contribution in [0.2, 0.25) is 0 Å². The first kappa shape index (κ1) is 16.9. The predicted octanol–water partition coefficient (Wildman–Crippen LogP) is 2.68. The average molecular weight is 345 g/mol. The maximum absolute atomic E-state index is 12.7.